The van der Waals surface area contributed by atoms with Crippen molar-refractivity contribution in [1.29, 1.82) is 0 Å². The number of carbonyl (C=O) groups excluding carboxylic acids is 1. The van der Waals surface area contributed by atoms with E-state index in [2.05, 4.69) is 29.1 Å². The molecule has 1 amide bonds. The van der Waals surface area contributed by atoms with Crippen molar-refractivity contribution in [2.45, 2.75) is 31.8 Å². The van der Waals surface area contributed by atoms with Gasteiger partial charge in [-0.1, -0.05) is 55.9 Å². The summed E-state index contributed by atoms with van der Waals surface area (Å²) in [7, 11) is 0. The average molecular weight is 367 g/mol. The van der Waals surface area contributed by atoms with Gasteiger partial charge in [0.15, 0.2) is 5.16 Å². The van der Waals surface area contributed by atoms with Crippen molar-refractivity contribution in [2.24, 2.45) is 0 Å². The van der Waals surface area contributed by atoms with Gasteiger partial charge in [-0.05, 0) is 36.1 Å². The number of nitrogens with one attached hydrogen (secondary N) is 2. The molecule has 0 unspecified atom stereocenters. The van der Waals surface area contributed by atoms with Gasteiger partial charge < -0.3 is 10.3 Å². The molecule has 6 heteroatoms. The van der Waals surface area contributed by atoms with Crippen LogP contribution in [0.25, 0.3) is 10.9 Å². The van der Waals surface area contributed by atoms with Crippen molar-refractivity contribution in [3.05, 3.63) is 63.9 Å². The van der Waals surface area contributed by atoms with Crippen molar-refractivity contribution < 1.29 is 4.79 Å². The van der Waals surface area contributed by atoms with E-state index in [1.165, 1.54) is 11.8 Å². The topological polar surface area (TPSA) is 74.8 Å². The summed E-state index contributed by atoms with van der Waals surface area (Å²) in [6, 6.07) is 13.2. The van der Waals surface area contributed by atoms with Crippen molar-refractivity contribution >= 4 is 34.3 Å². The number of hydrogen-bond donors (Lipinski definition) is 2. The summed E-state index contributed by atoms with van der Waals surface area (Å²) in [5.41, 5.74) is 3.59. The number of aryl methyl sites for hydroxylation is 2. The maximum Gasteiger partial charge on any atom is 0.259 e. The maximum atomic E-state index is 12.4. The van der Waals surface area contributed by atoms with E-state index in [0.717, 1.165) is 29.7 Å². The summed E-state index contributed by atoms with van der Waals surface area (Å²) in [6.45, 7) is 4.14. The molecule has 2 aromatic carbocycles. The third-order valence-electron chi connectivity index (χ3n) is 4.19. The molecule has 5 nitrogen and oxygen atoms in total. The minimum absolute atomic E-state index is 0.110. The van der Waals surface area contributed by atoms with Crippen LogP contribution in [0.2, 0.25) is 0 Å². The van der Waals surface area contributed by atoms with E-state index in [1.807, 2.05) is 24.3 Å². The third-order valence-corrected chi connectivity index (χ3v) is 5.07. The second-order valence-corrected chi connectivity index (χ2v) is 6.85. The Labute approximate surface area is 156 Å². The van der Waals surface area contributed by atoms with Gasteiger partial charge in [0.05, 0.1) is 16.7 Å². The molecule has 26 heavy (non-hydrogen) atoms. The molecule has 0 aliphatic heterocycles. The number of hydrogen-bond acceptors (Lipinski definition) is 4. The van der Waals surface area contributed by atoms with E-state index in [-0.39, 0.29) is 17.2 Å². The first-order valence-corrected chi connectivity index (χ1v) is 9.63. The monoisotopic (exact) mass is 367 g/mol. The molecule has 0 bridgehead atoms. The second-order valence-electron chi connectivity index (χ2n) is 5.88. The molecule has 0 aliphatic rings. The van der Waals surface area contributed by atoms with Gasteiger partial charge in [0.2, 0.25) is 5.91 Å². The van der Waals surface area contributed by atoms with Crippen molar-refractivity contribution in [2.75, 3.05) is 11.1 Å². The van der Waals surface area contributed by atoms with Crippen LogP contribution in [-0.4, -0.2) is 21.6 Å². The summed E-state index contributed by atoms with van der Waals surface area (Å²) < 4.78 is 0. The lowest BCUT2D eigenvalue weighted by Crippen LogP contribution is -2.17. The zero-order chi connectivity index (χ0) is 18.5. The predicted octanol–water partition coefficient (Wildman–Crippen LogP) is 3.78. The normalized spacial score (nSPS) is 10.8. The van der Waals surface area contributed by atoms with Gasteiger partial charge in [0, 0.05) is 5.69 Å². The van der Waals surface area contributed by atoms with Crippen LogP contribution < -0.4 is 10.9 Å². The lowest BCUT2D eigenvalue weighted by Gasteiger charge is -2.14. The summed E-state index contributed by atoms with van der Waals surface area (Å²) in [5.74, 6) is 0.0732. The highest BCUT2D eigenvalue weighted by atomic mass is 32.2. The number of anilines is 1. The first-order valence-electron chi connectivity index (χ1n) is 8.64. The number of carbonyl (C=O) groups is 1. The second kappa shape index (κ2) is 8.19. The van der Waals surface area contributed by atoms with Crippen LogP contribution in [0.15, 0.2) is 52.4 Å². The Hall–Kier alpha value is -2.60. The quantitative estimate of drug-likeness (QED) is 0.514. The van der Waals surface area contributed by atoms with Gasteiger partial charge >= 0.3 is 0 Å². The smallest absolute Gasteiger partial charge is 0.259 e. The number of thioether (sulfide) groups is 1. The van der Waals surface area contributed by atoms with Crippen LogP contribution in [0.3, 0.4) is 0 Å². The number of benzene rings is 2. The van der Waals surface area contributed by atoms with Gasteiger partial charge in [0.1, 0.15) is 0 Å². The average Bonchev–Trinajstić information content (AvgIpc) is 2.66. The number of fused-ring (bicyclic) bond motifs is 1. The number of aromatic nitrogens is 2. The largest absolute Gasteiger partial charge is 0.325 e. The lowest BCUT2D eigenvalue weighted by atomic mass is 10.0. The zero-order valence-electron chi connectivity index (χ0n) is 14.8. The molecule has 0 saturated heterocycles. The SMILES string of the molecule is CCc1cccc(CC)c1NC(=O)CSc1nc2ccccc2c(=O)[nH]1. The first kappa shape index (κ1) is 18.2. The van der Waals surface area contributed by atoms with E-state index in [1.54, 1.807) is 18.2 Å². The molecule has 0 atom stereocenters. The maximum absolute atomic E-state index is 12.4. The fourth-order valence-corrected chi connectivity index (χ4v) is 3.51. The van der Waals surface area contributed by atoms with Gasteiger partial charge in [0.25, 0.3) is 5.56 Å². The highest BCUT2D eigenvalue weighted by molar-refractivity contribution is 7.99. The Kier molecular flexibility index (Phi) is 5.73. The molecule has 2 N–H and O–H groups in total. The van der Waals surface area contributed by atoms with Crippen LogP contribution in [-0.2, 0) is 17.6 Å². The van der Waals surface area contributed by atoms with Gasteiger partial charge in [-0.15, -0.1) is 0 Å². The highest BCUT2D eigenvalue weighted by Gasteiger charge is 2.11. The molecule has 0 spiro atoms. The number of rotatable bonds is 6. The molecule has 0 saturated carbocycles. The number of H-pyrrole nitrogens is 1. The molecular formula is C20H21N3O2S. The van der Waals surface area contributed by atoms with Gasteiger partial charge in [-0.2, -0.15) is 0 Å². The molecule has 134 valence electrons. The number of amides is 1. The Balaban J connectivity index is 1.73. The van der Waals surface area contributed by atoms with E-state index in [4.69, 9.17) is 0 Å². The standard InChI is InChI=1S/C20H21N3O2S/c1-3-13-8-7-9-14(4-2)18(13)22-17(24)12-26-20-21-16-11-6-5-10-15(16)19(25)23-20/h5-11H,3-4,12H2,1-2H3,(H,22,24)(H,21,23,25). The Morgan fingerprint density at radius 3 is 2.46 bits per heavy atom. The summed E-state index contributed by atoms with van der Waals surface area (Å²) in [5, 5.41) is 4.02. The molecular weight excluding hydrogens is 346 g/mol. The molecule has 0 radical (unpaired) electrons. The third kappa shape index (κ3) is 3.96. The number of nitrogens with zero attached hydrogens (tertiary/aromatic N) is 1. The Morgan fingerprint density at radius 1 is 1.08 bits per heavy atom. The van der Waals surface area contributed by atoms with Gasteiger partial charge in [-0.25, -0.2) is 4.98 Å². The Bertz CT molecular complexity index is 976. The molecule has 0 fully saturated rings. The minimum Gasteiger partial charge on any atom is -0.325 e. The lowest BCUT2D eigenvalue weighted by molar-refractivity contribution is -0.113. The first-order chi connectivity index (χ1) is 12.6. The highest BCUT2D eigenvalue weighted by Crippen LogP contribution is 2.23. The van der Waals surface area contributed by atoms with Crippen LogP contribution in [0.4, 0.5) is 5.69 Å². The summed E-state index contributed by atoms with van der Waals surface area (Å²) in [4.78, 5) is 31.7. The molecule has 0 aliphatic carbocycles. The van der Waals surface area contributed by atoms with Crippen molar-refractivity contribution in [3.8, 4) is 0 Å². The fourth-order valence-electron chi connectivity index (χ4n) is 2.85. The molecule has 1 aromatic heterocycles. The Morgan fingerprint density at radius 2 is 1.77 bits per heavy atom. The minimum atomic E-state index is -0.192. The van der Waals surface area contributed by atoms with E-state index in [9.17, 15) is 9.59 Å². The number of para-hydroxylation sites is 2. The fraction of sp³-hybridized carbons (Fsp3) is 0.250. The molecule has 3 rings (SSSR count). The summed E-state index contributed by atoms with van der Waals surface area (Å²) in [6.07, 6.45) is 1.71. The summed E-state index contributed by atoms with van der Waals surface area (Å²) >= 11 is 1.22. The van der Waals surface area contributed by atoms with E-state index >= 15 is 0 Å². The number of aromatic amines is 1. The molecule has 1 heterocycles. The van der Waals surface area contributed by atoms with Crippen LogP contribution in [0.5, 0.6) is 0 Å². The molecule has 3 aromatic rings. The van der Waals surface area contributed by atoms with Crippen LogP contribution in [0.1, 0.15) is 25.0 Å². The zero-order valence-corrected chi connectivity index (χ0v) is 15.7. The van der Waals surface area contributed by atoms with Crippen LogP contribution >= 0.6 is 11.8 Å². The van der Waals surface area contributed by atoms with Crippen molar-refractivity contribution in [3.63, 3.8) is 0 Å². The van der Waals surface area contributed by atoms with Gasteiger partial charge in [-0.3, -0.25) is 9.59 Å². The van der Waals surface area contributed by atoms with E-state index in [0.29, 0.717) is 16.1 Å². The van der Waals surface area contributed by atoms with Crippen molar-refractivity contribution in [1.82, 2.24) is 9.97 Å². The van der Waals surface area contributed by atoms with E-state index < -0.39 is 0 Å². The van der Waals surface area contributed by atoms with Crippen LogP contribution in [0, 0.1) is 0 Å². The predicted molar refractivity (Wildman–Crippen MR) is 107 cm³/mol.